The number of hydrogen-bond acceptors (Lipinski definition) is 8. The van der Waals surface area contributed by atoms with Gasteiger partial charge in [0.25, 0.3) is 0 Å². The van der Waals surface area contributed by atoms with Crippen LogP contribution in [0.1, 0.15) is 11.1 Å². The number of benzene rings is 2. The summed E-state index contributed by atoms with van der Waals surface area (Å²) in [5.41, 5.74) is 1.60. The summed E-state index contributed by atoms with van der Waals surface area (Å²) in [5, 5.41) is 25.1. The molecule has 0 unspecified atom stereocenters. The first-order chi connectivity index (χ1) is 14.0. The molecule has 2 aromatic carbocycles. The van der Waals surface area contributed by atoms with Crippen LogP contribution in [-0.2, 0) is 13.0 Å². The lowest BCUT2D eigenvalue weighted by molar-refractivity contribution is -0.385. The fraction of sp³-hybridized carbons (Fsp3) is 0.263. The Morgan fingerprint density at radius 2 is 2.03 bits per heavy atom. The average Bonchev–Trinajstić information content (AvgIpc) is 2.72. The van der Waals surface area contributed by atoms with Gasteiger partial charge in [0.2, 0.25) is 5.75 Å². The number of hydrogen-bond donors (Lipinski definition) is 2. The lowest BCUT2D eigenvalue weighted by Crippen LogP contribution is -2.06. The lowest BCUT2D eigenvalue weighted by atomic mass is 10.0. The van der Waals surface area contributed by atoms with Gasteiger partial charge in [-0.3, -0.25) is 10.1 Å². The van der Waals surface area contributed by atoms with E-state index in [1.54, 1.807) is 12.1 Å². The second-order valence-corrected chi connectivity index (χ2v) is 6.49. The predicted molar refractivity (Wildman–Crippen MR) is 109 cm³/mol. The number of anilines is 1. The first-order valence-corrected chi connectivity index (χ1v) is 9.04. The van der Waals surface area contributed by atoms with Crippen molar-refractivity contribution in [2.45, 2.75) is 13.0 Å². The zero-order chi connectivity index (χ0) is 21.0. The molecule has 0 amide bonds. The molecule has 152 valence electrons. The molecule has 3 aromatic rings. The van der Waals surface area contributed by atoms with Crippen LogP contribution in [0.4, 0.5) is 11.5 Å². The predicted octanol–water partition coefficient (Wildman–Crippen LogP) is 3.36. The van der Waals surface area contributed by atoms with Gasteiger partial charge in [-0.25, -0.2) is 9.97 Å². The van der Waals surface area contributed by atoms with Crippen LogP contribution in [0.25, 0.3) is 10.9 Å². The number of methoxy groups -OCH3 is 2. The minimum Gasteiger partial charge on any atom is -0.495 e. The van der Waals surface area contributed by atoms with E-state index in [0.29, 0.717) is 39.6 Å². The maximum Gasteiger partial charge on any atom is 0.312 e. The van der Waals surface area contributed by atoms with Gasteiger partial charge in [0, 0.05) is 31.2 Å². The SMILES string of the molecule is COc1ccc(CNc2ncnc3c(CCO)c(OC)c([N+](=O)[O-])cc23)cc1Cl. The monoisotopic (exact) mass is 418 g/mol. The Balaban J connectivity index is 2.04. The van der Waals surface area contributed by atoms with Crippen molar-refractivity contribution in [2.75, 3.05) is 26.1 Å². The number of aliphatic hydroxyl groups is 1. The van der Waals surface area contributed by atoms with Crippen LogP contribution >= 0.6 is 11.6 Å². The fourth-order valence-electron chi connectivity index (χ4n) is 3.09. The highest BCUT2D eigenvalue weighted by Crippen LogP contribution is 2.38. The summed E-state index contributed by atoms with van der Waals surface area (Å²) in [7, 11) is 2.89. The Hall–Kier alpha value is -3.17. The second kappa shape index (κ2) is 8.89. The Morgan fingerprint density at radius 3 is 2.66 bits per heavy atom. The van der Waals surface area contributed by atoms with Gasteiger partial charge in [-0.2, -0.15) is 0 Å². The highest BCUT2D eigenvalue weighted by molar-refractivity contribution is 6.32. The van der Waals surface area contributed by atoms with Crippen LogP contribution in [0.3, 0.4) is 0 Å². The number of aliphatic hydroxyl groups excluding tert-OH is 1. The number of ether oxygens (including phenoxy) is 2. The van der Waals surface area contributed by atoms with Gasteiger partial charge in [0.15, 0.2) is 0 Å². The van der Waals surface area contributed by atoms with E-state index in [2.05, 4.69) is 15.3 Å². The number of nitrogens with zero attached hydrogens (tertiary/aromatic N) is 3. The van der Waals surface area contributed by atoms with Crippen molar-refractivity contribution in [1.82, 2.24) is 9.97 Å². The summed E-state index contributed by atoms with van der Waals surface area (Å²) in [5.74, 6) is 1.08. The lowest BCUT2D eigenvalue weighted by Gasteiger charge is -2.14. The first kappa shape index (κ1) is 20.6. The van der Waals surface area contributed by atoms with Gasteiger partial charge in [-0.15, -0.1) is 0 Å². The van der Waals surface area contributed by atoms with Crippen molar-refractivity contribution < 1.29 is 19.5 Å². The topological polar surface area (TPSA) is 120 Å². The van der Waals surface area contributed by atoms with Crippen LogP contribution in [0, 0.1) is 10.1 Å². The number of fused-ring (bicyclic) bond motifs is 1. The van der Waals surface area contributed by atoms with Crippen LogP contribution in [0.2, 0.25) is 5.02 Å². The van der Waals surface area contributed by atoms with Crippen LogP contribution in [-0.4, -0.2) is 40.8 Å². The molecule has 9 nitrogen and oxygen atoms in total. The normalized spacial score (nSPS) is 10.8. The van der Waals surface area contributed by atoms with E-state index in [4.69, 9.17) is 21.1 Å². The molecule has 1 aromatic heterocycles. The largest absolute Gasteiger partial charge is 0.495 e. The standard InChI is InChI=1S/C19H19ClN4O5/c1-28-16-4-3-11(7-14(16)20)9-21-19-13-8-15(24(26)27)18(29-2)12(5-6-25)17(13)22-10-23-19/h3-4,7-8,10,25H,5-6,9H2,1-2H3,(H,21,22,23). The third kappa shape index (κ3) is 4.15. The van der Waals surface area contributed by atoms with E-state index in [0.717, 1.165) is 5.56 Å². The molecule has 0 saturated heterocycles. The molecule has 1 heterocycles. The van der Waals surface area contributed by atoms with Crippen LogP contribution in [0.5, 0.6) is 11.5 Å². The highest BCUT2D eigenvalue weighted by Gasteiger charge is 2.24. The van der Waals surface area contributed by atoms with Gasteiger partial charge in [0.05, 0.1) is 35.1 Å². The van der Waals surface area contributed by atoms with Crippen molar-refractivity contribution >= 4 is 34.0 Å². The van der Waals surface area contributed by atoms with Crippen molar-refractivity contribution in [1.29, 1.82) is 0 Å². The molecule has 0 aliphatic rings. The third-order valence-electron chi connectivity index (χ3n) is 4.40. The summed E-state index contributed by atoms with van der Waals surface area (Å²) in [4.78, 5) is 19.5. The van der Waals surface area contributed by atoms with E-state index < -0.39 is 4.92 Å². The molecule has 0 spiro atoms. The smallest absolute Gasteiger partial charge is 0.312 e. The number of aromatic nitrogens is 2. The number of rotatable bonds is 8. The molecule has 29 heavy (non-hydrogen) atoms. The summed E-state index contributed by atoms with van der Waals surface area (Å²) in [6.45, 7) is 0.175. The summed E-state index contributed by atoms with van der Waals surface area (Å²) >= 11 is 6.16. The Bertz CT molecular complexity index is 1060. The number of nitro groups is 1. The Labute approximate surface area is 171 Å². The molecule has 0 aliphatic heterocycles. The maximum absolute atomic E-state index is 11.5. The molecule has 0 fully saturated rings. The second-order valence-electron chi connectivity index (χ2n) is 6.08. The minimum absolute atomic E-state index is 0.0862. The third-order valence-corrected chi connectivity index (χ3v) is 4.69. The van der Waals surface area contributed by atoms with Gasteiger partial charge in [-0.05, 0) is 17.7 Å². The molecule has 3 rings (SSSR count). The summed E-state index contributed by atoms with van der Waals surface area (Å²) < 4.78 is 10.4. The highest BCUT2D eigenvalue weighted by atomic mass is 35.5. The van der Waals surface area contributed by atoms with E-state index >= 15 is 0 Å². The number of nitrogens with one attached hydrogen (secondary N) is 1. The van der Waals surface area contributed by atoms with Gasteiger partial charge in [0.1, 0.15) is 17.9 Å². The Kier molecular flexibility index (Phi) is 6.30. The summed E-state index contributed by atoms with van der Waals surface area (Å²) in [6, 6.07) is 6.74. The van der Waals surface area contributed by atoms with E-state index in [1.165, 1.54) is 26.6 Å². The Morgan fingerprint density at radius 1 is 1.24 bits per heavy atom. The van der Waals surface area contributed by atoms with Crippen molar-refractivity contribution in [3.05, 3.63) is 56.9 Å². The number of halogens is 1. The van der Waals surface area contributed by atoms with E-state index in [1.807, 2.05) is 6.07 Å². The molecular weight excluding hydrogens is 400 g/mol. The van der Waals surface area contributed by atoms with Gasteiger partial charge in [-0.1, -0.05) is 17.7 Å². The van der Waals surface area contributed by atoms with Crippen molar-refractivity contribution in [3.8, 4) is 11.5 Å². The average molecular weight is 419 g/mol. The molecule has 2 N–H and O–H groups in total. The van der Waals surface area contributed by atoms with E-state index in [9.17, 15) is 15.2 Å². The zero-order valence-corrected chi connectivity index (χ0v) is 16.6. The molecule has 0 atom stereocenters. The minimum atomic E-state index is -0.529. The fourth-order valence-corrected chi connectivity index (χ4v) is 3.37. The van der Waals surface area contributed by atoms with Gasteiger partial charge < -0.3 is 19.9 Å². The van der Waals surface area contributed by atoms with Crippen molar-refractivity contribution in [3.63, 3.8) is 0 Å². The molecular formula is C19H19ClN4O5. The number of nitro benzene ring substituents is 1. The first-order valence-electron chi connectivity index (χ1n) is 8.66. The van der Waals surface area contributed by atoms with Crippen LogP contribution < -0.4 is 14.8 Å². The summed E-state index contributed by atoms with van der Waals surface area (Å²) in [6.07, 6.45) is 1.52. The van der Waals surface area contributed by atoms with E-state index in [-0.39, 0.29) is 24.5 Å². The molecule has 0 aliphatic carbocycles. The van der Waals surface area contributed by atoms with Gasteiger partial charge >= 0.3 is 5.69 Å². The zero-order valence-electron chi connectivity index (χ0n) is 15.8. The maximum atomic E-state index is 11.5. The molecule has 0 saturated carbocycles. The quantitative estimate of drug-likeness (QED) is 0.422. The molecule has 0 radical (unpaired) electrons. The molecule has 10 heteroatoms. The van der Waals surface area contributed by atoms with Crippen molar-refractivity contribution in [2.24, 2.45) is 0 Å². The van der Waals surface area contributed by atoms with Crippen LogP contribution in [0.15, 0.2) is 30.6 Å². The molecule has 0 bridgehead atoms.